The van der Waals surface area contributed by atoms with Crippen LogP contribution in [0, 0.1) is 5.92 Å². The number of hydrogen-bond acceptors (Lipinski definition) is 2. The Balaban J connectivity index is 2.51. The quantitative estimate of drug-likeness (QED) is 0.724. The van der Waals surface area contributed by atoms with E-state index >= 15 is 0 Å². The number of ether oxygens (including phenoxy) is 1. The molecule has 0 bridgehead atoms. The predicted molar refractivity (Wildman–Crippen MR) is 80.6 cm³/mol. The molecule has 0 spiro atoms. The van der Waals surface area contributed by atoms with E-state index in [1.807, 2.05) is 31.2 Å². The first-order valence-corrected chi connectivity index (χ1v) is 7.55. The molecule has 1 unspecified atom stereocenters. The van der Waals surface area contributed by atoms with Gasteiger partial charge in [-0.05, 0) is 49.8 Å². The van der Waals surface area contributed by atoms with Crippen molar-refractivity contribution in [1.29, 1.82) is 0 Å². The van der Waals surface area contributed by atoms with Crippen molar-refractivity contribution in [2.45, 2.75) is 59.0 Å². The van der Waals surface area contributed by atoms with Crippen molar-refractivity contribution < 1.29 is 9.84 Å². The van der Waals surface area contributed by atoms with Crippen molar-refractivity contribution in [3.8, 4) is 5.75 Å². The molecule has 1 aromatic carbocycles. The summed E-state index contributed by atoms with van der Waals surface area (Å²) in [5, 5.41) is 9.41. The molecule has 1 N–H and O–H groups in total. The van der Waals surface area contributed by atoms with Crippen LogP contribution in [0.25, 0.3) is 0 Å². The summed E-state index contributed by atoms with van der Waals surface area (Å²) in [4.78, 5) is 0. The van der Waals surface area contributed by atoms with E-state index in [1.165, 1.54) is 25.7 Å². The van der Waals surface area contributed by atoms with Crippen LogP contribution in [0.15, 0.2) is 24.3 Å². The summed E-state index contributed by atoms with van der Waals surface area (Å²) in [6.45, 7) is 7.07. The van der Waals surface area contributed by atoms with Crippen molar-refractivity contribution in [3.05, 3.63) is 29.8 Å². The molecule has 0 aliphatic heterocycles. The fourth-order valence-corrected chi connectivity index (χ4v) is 2.44. The van der Waals surface area contributed by atoms with Gasteiger partial charge in [-0.3, -0.25) is 0 Å². The molecule has 0 radical (unpaired) electrons. The van der Waals surface area contributed by atoms with Gasteiger partial charge in [-0.2, -0.15) is 0 Å². The minimum atomic E-state index is -0.303. The molecule has 0 saturated carbocycles. The molecule has 0 heterocycles. The summed E-state index contributed by atoms with van der Waals surface area (Å²) < 4.78 is 5.91. The second-order valence-corrected chi connectivity index (χ2v) is 5.45. The Morgan fingerprint density at radius 1 is 1.16 bits per heavy atom. The van der Waals surface area contributed by atoms with Gasteiger partial charge in [0.05, 0.1) is 12.7 Å². The van der Waals surface area contributed by atoms with E-state index in [0.717, 1.165) is 17.9 Å². The molecule has 0 amide bonds. The Morgan fingerprint density at radius 2 is 1.84 bits per heavy atom. The van der Waals surface area contributed by atoms with Crippen LogP contribution in [0.2, 0.25) is 0 Å². The maximum atomic E-state index is 9.41. The normalized spacial score (nSPS) is 12.7. The lowest BCUT2D eigenvalue weighted by Gasteiger charge is -2.16. The number of hydrogen-bond donors (Lipinski definition) is 1. The van der Waals surface area contributed by atoms with Gasteiger partial charge in [0, 0.05) is 0 Å². The Morgan fingerprint density at radius 3 is 2.42 bits per heavy atom. The Labute approximate surface area is 117 Å². The molecular formula is C17H28O2. The summed E-state index contributed by atoms with van der Waals surface area (Å²) in [6.07, 6.45) is 5.29. The number of aliphatic hydroxyl groups is 1. The second-order valence-electron chi connectivity index (χ2n) is 5.45. The number of rotatable bonds is 9. The Bertz CT molecular complexity index is 341. The van der Waals surface area contributed by atoms with Gasteiger partial charge in [0.2, 0.25) is 0 Å². The average Bonchev–Trinajstić information content (AvgIpc) is 2.36. The summed E-state index contributed by atoms with van der Waals surface area (Å²) in [5.74, 6) is 1.59. The zero-order valence-electron chi connectivity index (χ0n) is 12.6. The third-order valence-corrected chi connectivity index (χ3v) is 3.31. The van der Waals surface area contributed by atoms with E-state index in [2.05, 4.69) is 13.8 Å². The van der Waals surface area contributed by atoms with Crippen LogP contribution in [0.5, 0.6) is 5.75 Å². The van der Waals surface area contributed by atoms with Crippen LogP contribution in [-0.2, 0) is 6.42 Å². The minimum absolute atomic E-state index is 0.303. The maximum Gasteiger partial charge on any atom is 0.119 e. The van der Waals surface area contributed by atoms with Gasteiger partial charge in [-0.15, -0.1) is 0 Å². The lowest BCUT2D eigenvalue weighted by atomic mass is 9.99. The fourth-order valence-electron chi connectivity index (χ4n) is 2.44. The molecule has 0 aliphatic carbocycles. The van der Waals surface area contributed by atoms with Crippen LogP contribution in [-0.4, -0.2) is 17.8 Å². The maximum absolute atomic E-state index is 9.41. The highest BCUT2D eigenvalue weighted by Crippen LogP contribution is 2.19. The minimum Gasteiger partial charge on any atom is -0.493 e. The number of aliphatic hydroxyl groups excluding tert-OH is 1. The molecule has 19 heavy (non-hydrogen) atoms. The zero-order valence-corrected chi connectivity index (χ0v) is 12.6. The van der Waals surface area contributed by atoms with Gasteiger partial charge >= 0.3 is 0 Å². The molecule has 108 valence electrons. The van der Waals surface area contributed by atoms with Crippen LogP contribution >= 0.6 is 0 Å². The van der Waals surface area contributed by atoms with E-state index in [0.29, 0.717) is 12.3 Å². The van der Waals surface area contributed by atoms with Gasteiger partial charge in [-0.1, -0.05) is 38.8 Å². The van der Waals surface area contributed by atoms with Gasteiger partial charge in [0.15, 0.2) is 0 Å². The van der Waals surface area contributed by atoms with E-state index in [-0.39, 0.29) is 6.10 Å². The summed E-state index contributed by atoms with van der Waals surface area (Å²) in [7, 11) is 0. The van der Waals surface area contributed by atoms with Crippen molar-refractivity contribution in [2.75, 3.05) is 6.61 Å². The first kappa shape index (κ1) is 16.0. The van der Waals surface area contributed by atoms with E-state index in [4.69, 9.17) is 4.74 Å². The number of benzene rings is 1. The van der Waals surface area contributed by atoms with Crippen molar-refractivity contribution >= 4 is 0 Å². The molecule has 2 heteroatoms. The highest BCUT2D eigenvalue weighted by Gasteiger charge is 2.08. The topological polar surface area (TPSA) is 29.5 Å². The molecule has 0 saturated heterocycles. The van der Waals surface area contributed by atoms with Crippen LogP contribution in [0.3, 0.4) is 0 Å². The fraction of sp³-hybridized carbons (Fsp3) is 0.647. The monoisotopic (exact) mass is 264 g/mol. The molecule has 2 nitrogen and oxygen atoms in total. The molecule has 0 aromatic heterocycles. The lowest BCUT2D eigenvalue weighted by Crippen LogP contribution is -2.12. The van der Waals surface area contributed by atoms with E-state index < -0.39 is 0 Å². The van der Waals surface area contributed by atoms with Gasteiger partial charge < -0.3 is 9.84 Å². The molecule has 0 fully saturated rings. The molecular weight excluding hydrogens is 236 g/mol. The molecule has 0 aliphatic rings. The van der Waals surface area contributed by atoms with E-state index in [1.54, 1.807) is 0 Å². The highest BCUT2D eigenvalue weighted by molar-refractivity contribution is 5.28. The first-order valence-electron chi connectivity index (χ1n) is 7.55. The van der Waals surface area contributed by atoms with Crippen molar-refractivity contribution in [1.82, 2.24) is 0 Å². The smallest absolute Gasteiger partial charge is 0.119 e. The highest BCUT2D eigenvalue weighted by atomic mass is 16.5. The lowest BCUT2D eigenvalue weighted by molar-refractivity contribution is 0.195. The Kier molecular flexibility index (Phi) is 7.57. The zero-order chi connectivity index (χ0) is 14.1. The first-order chi connectivity index (χ1) is 9.15. The summed E-state index contributed by atoms with van der Waals surface area (Å²) in [5.41, 5.74) is 1.13. The van der Waals surface area contributed by atoms with Crippen molar-refractivity contribution in [3.63, 3.8) is 0 Å². The standard InChI is InChI=1S/C17H28O2/c1-4-7-15(8-5-2)13-19-17-10-6-9-16(12-17)11-14(3)18/h6,9-10,12,14-15,18H,4-5,7-8,11,13H2,1-3H3. The molecule has 1 rings (SSSR count). The molecule has 1 aromatic rings. The van der Waals surface area contributed by atoms with Gasteiger partial charge in [0.25, 0.3) is 0 Å². The molecule has 1 atom stereocenters. The van der Waals surface area contributed by atoms with Crippen molar-refractivity contribution in [2.24, 2.45) is 5.92 Å². The van der Waals surface area contributed by atoms with Crippen LogP contribution < -0.4 is 4.74 Å². The largest absolute Gasteiger partial charge is 0.493 e. The third kappa shape index (κ3) is 6.63. The SMILES string of the molecule is CCCC(CCC)COc1cccc(CC(C)O)c1. The predicted octanol–water partition coefficient (Wildman–Crippen LogP) is 4.21. The van der Waals surface area contributed by atoms with Gasteiger partial charge in [0.1, 0.15) is 5.75 Å². The average molecular weight is 264 g/mol. The van der Waals surface area contributed by atoms with Gasteiger partial charge in [-0.25, -0.2) is 0 Å². The Hall–Kier alpha value is -1.02. The summed E-state index contributed by atoms with van der Waals surface area (Å²) >= 11 is 0. The summed E-state index contributed by atoms with van der Waals surface area (Å²) in [6, 6.07) is 8.08. The van der Waals surface area contributed by atoms with Crippen LogP contribution in [0.4, 0.5) is 0 Å². The van der Waals surface area contributed by atoms with Crippen LogP contribution in [0.1, 0.15) is 52.0 Å². The van der Waals surface area contributed by atoms with E-state index in [9.17, 15) is 5.11 Å². The second kappa shape index (κ2) is 8.98. The third-order valence-electron chi connectivity index (χ3n) is 3.31.